The molecular formula is C15H18N4O4S. The van der Waals surface area contributed by atoms with Gasteiger partial charge in [0, 0.05) is 17.1 Å². The summed E-state index contributed by atoms with van der Waals surface area (Å²) in [6.07, 6.45) is 1.88. The molecule has 0 fully saturated rings. The van der Waals surface area contributed by atoms with Crippen LogP contribution in [0.2, 0.25) is 0 Å². The number of carboxylic acids is 1. The van der Waals surface area contributed by atoms with E-state index in [0.717, 1.165) is 10.6 Å². The van der Waals surface area contributed by atoms with Gasteiger partial charge in [-0.2, -0.15) is 0 Å². The highest BCUT2D eigenvalue weighted by Crippen LogP contribution is 2.21. The second-order valence-electron chi connectivity index (χ2n) is 4.85. The lowest BCUT2D eigenvalue weighted by atomic mass is 10.3. The van der Waals surface area contributed by atoms with Gasteiger partial charge in [-0.05, 0) is 24.3 Å². The van der Waals surface area contributed by atoms with Crippen molar-refractivity contribution in [2.75, 3.05) is 12.9 Å². The van der Waals surface area contributed by atoms with E-state index in [0.29, 0.717) is 17.9 Å². The minimum Gasteiger partial charge on any atom is -0.497 e. The number of rotatable bonds is 9. The molecule has 0 aliphatic rings. The van der Waals surface area contributed by atoms with E-state index in [-0.39, 0.29) is 19.0 Å². The standard InChI is InChI=1S/C15H18N4O4S/c1-23-12-2-4-13(5-3-12)24-7-6-14(20)16-8-11-9-19(18-17-11)10-15(21)22/h2-5,9H,6-8,10H2,1H3,(H,16,20)(H,21,22). The van der Waals surface area contributed by atoms with Gasteiger partial charge in [-0.25, -0.2) is 4.68 Å². The highest BCUT2D eigenvalue weighted by atomic mass is 32.2. The minimum absolute atomic E-state index is 0.0937. The highest BCUT2D eigenvalue weighted by Gasteiger charge is 2.07. The van der Waals surface area contributed by atoms with Gasteiger partial charge in [0.05, 0.1) is 19.9 Å². The Kier molecular flexibility index (Phi) is 6.62. The number of hydrogen-bond donors (Lipinski definition) is 2. The average molecular weight is 350 g/mol. The number of aromatic nitrogens is 3. The minimum atomic E-state index is -0.994. The molecule has 0 saturated carbocycles. The lowest BCUT2D eigenvalue weighted by molar-refractivity contribution is -0.138. The zero-order valence-electron chi connectivity index (χ0n) is 13.1. The summed E-state index contributed by atoms with van der Waals surface area (Å²) in [7, 11) is 1.62. The number of methoxy groups -OCH3 is 1. The molecule has 24 heavy (non-hydrogen) atoms. The predicted octanol–water partition coefficient (Wildman–Crippen LogP) is 1.17. The Labute approximate surface area is 143 Å². The summed E-state index contributed by atoms with van der Waals surface area (Å²) < 4.78 is 6.30. The van der Waals surface area contributed by atoms with E-state index in [4.69, 9.17) is 9.84 Å². The normalized spacial score (nSPS) is 10.4. The Balaban J connectivity index is 1.67. The van der Waals surface area contributed by atoms with Gasteiger partial charge < -0.3 is 15.2 Å². The molecule has 128 valence electrons. The third-order valence-electron chi connectivity index (χ3n) is 3.01. The van der Waals surface area contributed by atoms with Crippen LogP contribution in [0, 0.1) is 0 Å². The number of carbonyl (C=O) groups is 2. The van der Waals surface area contributed by atoms with Gasteiger partial charge in [-0.15, -0.1) is 16.9 Å². The van der Waals surface area contributed by atoms with E-state index in [1.165, 1.54) is 10.9 Å². The molecule has 0 unspecified atom stereocenters. The molecule has 0 spiro atoms. The number of hydrogen-bond acceptors (Lipinski definition) is 6. The number of amides is 1. The second-order valence-corrected chi connectivity index (χ2v) is 6.02. The van der Waals surface area contributed by atoms with E-state index >= 15 is 0 Å². The van der Waals surface area contributed by atoms with Crippen LogP contribution in [0.3, 0.4) is 0 Å². The smallest absolute Gasteiger partial charge is 0.325 e. The molecule has 0 bridgehead atoms. The number of thioether (sulfide) groups is 1. The van der Waals surface area contributed by atoms with E-state index in [2.05, 4.69) is 15.6 Å². The summed E-state index contributed by atoms with van der Waals surface area (Å²) >= 11 is 1.59. The van der Waals surface area contributed by atoms with Gasteiger partial charge in [0.1, 0.15) is 18.0 Å². The monoisotopic (exact) mass is 350 g/mol. The predicted molar refractivity (Wildman–Crippen MR) is 87.8 cm³/mol. The summed E-state index contributed by atoms with van der Waals surface area (Å²) in [5.41, 5.74) is 0.521. The van der Waals surface area contributed by atoms with Gasteiger partial charge >= 0.3 is 5.97 Å². The zero-order valence-corrected chi connectivity index (χ0v) is 14.0. The third-order valence-corrected chi connectivity index (χ3v) is 4.02. The number of carboxylic acid groups (broad SMARTS) is 1. The van der Waals surface area contributed by atoms with Crippen molar-refractivity contribution in [3.63, 3.8) is 0 Å². The molecule has 0 atom stereocenters. The van der Waals surface area contributed by atoms with Crippen LogP contribution in [0.25, 0.3) is 0 Å². The number of benzene rings is 1. The fourth-order valence-electron chi connectivity index (χ4n) is 1.85. The highest BCUT2D eigenvalue weighted by molar-refractivity contribution is 7.99. The lowest BCUT2D eigenvalue weighted by Gasteiger charge is -2.04. The summed E-state index contributed by atoms with van der Waals surface area (Å²) in [6.45, 7) is -0.0227. The van der Waals surface area contributed by atoms with Gasteiger partial charge in [0.25, 0.3) is 0 Å². The Morgan fingerprint density at radius 1 is 1.33 bits per heavy atom. The molecule has 8 nitrogen and oxygen atoms in total. The summed E-state index contributed by atoms with van der Waals surface area (Å²) in [5, 5.41) is 18.9. The van der Waals surface area contributed by atoms with E-state index < -0.39 is 5.97 Å². The lowest BCUT2D eigenvalue weighted by Crippen LogP contribution is -2.23. The van der Waals surface area contributed by atoms with Gasteiger partial charge in [-0.3, -0.25) is 9.59 Å². The van der Waals surface area contributed by atoms with Crippen molar-refractivity contribution in [2.45, 2.75) is 24.4 Å². The molecule has 2 rings (SSSR count). The first-order valence-corrected chi connectivity index (χ1v) is 8.19. The average Bonchev–Trinajstić information content (AvgIpc) is 3.00. The fourth-order valence-corrected chi connectivity index (χ4v) is 2.70. The molecule has 2 N–H and O–H groups in total. The number of aliphatic carboxylic acids is 1. The molecule has 1 amide bonds. The molecule has 1 aromatic heterocycles. The van der Waals surface area contributed by atoms with Crippen molar-refractivity contribution < 1.29 is 19.4 Å². The Morgan fingerprint density at radius 2 is 2.08 bits per heavy atom. The number of ether oxygens (including phenoxy) is 1. The quantitative estimate of drug-likeness (QED) is 0.654. The number of nitrogens with one attached hydrogen (secondary N) is 1. The maximum Gasteiger partial charge on any atom is 0.325 e. The zero-order chi connectivity index (χ0) is 17.4. The van der Waals surface area contributed by atoms with Crippen LogP contribution < -0.4 is 10.1 Å². The van der Waals surface area contributed by atoms with Crippen molar-refractivity contribution in [2.24, 2.45) is 0 Å². The van der Waals surface area contributed by atoms with E-state index in [1.807, 2.05) is 24.3 Å². The first kappa shape index (κ1) is 17.8. The van der Waals surface area contributed by atoms with Gasteiger partial charge in [-0.1, -0.05) is 5.21 Å². The van der Waals surface area contributed by atoms with Crippen LogP contribution in [-0.4, -0.2) is 44.8 Å². The van der Waals surface area contributed by atoms with Crippen LogP contribution >= 0.6 is 11.8 Å². The van der Waals surface area contributed by atoms with Crippen molar-refractivity contribution in [3.8, 4) is 5.75 Å². The molecule has 0 radical (unpaired) electrons. The van der Waals surface area contributed by atoms with Crippen LogP contribution in [0.4, 0.5) is 0 Å². The molecule has 0 aliphatic heterocycles. The fraction of sp³-hybridized carbons (Fsp3) is 0.333. The summed E-state index contributed by atoms with van der Waals surface area (Å²) in [6, 6.07) is 7.65. The third kappa shape index (κ3) is 5.92. The first-order valence-electron chi connectivity index (χ1n) is 7.21. The number of carbonyl (C=O) groups excluding carboxylic acids is 1. The first-order chi connectivity index (χ1) is 11.6. The molecule has 2 aromatic rings. The second kappa shape index (κ2) is 8.92. The molecular weight excluding hydrogens is 332 g/mol. The van der Waals surface area contributed by atoms with E-state index in [9.17, 15) is 9.59 Å². The van der Waals surface area contributed by atoms with Crippen molar-refractivity contribution in [1.82, 2.24) is 20.3 Å². The Bertz CT molecular complexity index is 687. The SMILES string of the molecule is COc1ccc(SCCC(=O)NCc2cn(CC(=O)O)nn2)cc1. The largest absolute Gasteiger partial charge is 0.497 e. The van der Waals surface area contributed by atoms with Gasteiger partial charge in [0.15, 0.2) is 0 Å². The van der Waals surface area contributed by atoms with Crippen LogP contribution in [-0.2, 0) is 22.7 Å². The number of nitrogens with zero attached hydrogens (tertiary/aromatic N) is 3. The van der Waals surface area contributed by atoms with Crippen molar-refractivity contribution in [1.29, 1.82) is 0 Å². The summed E-state index contributed by atoms with van der Waals surface area (Å²) in [5.74, 6) is 0.368. The maximum absolute atomic E-state index is 11.8. The molecule has 9 heteroatoms. The topological polar surface area (TPSA) is 106 Å². The van der Waals surface area contributed by atoms with Gasteiger partial charge in [0.2, 0.25) is 5.91 Å². The van der Waals surface area contributed by atoms with E-state index in [1.54, 1.807) is 18.9 Å². The van der Waals surface area contributed by atoms with Crippen molar-refractivity contribution in [3.05, 3.63) is 36.2 Å². The van der Waals surface area contributed by atoms with Crippen LogP contribution in [0.5, 0.6) is 5.75 Å². The van der Waals surface area contributed by atoms with Crippen molar-refractivity contribution >= 4 is 23.6 Å². The van der Waals surface area contributed by atoms with Crippen LogP contribution in [0.1, 0.15) is 12.1 Å². The maximum atomic E-state index is 11.8. The van der Waals surface area contributed by atoms with Crippen LogP contribution in [0.15, 0.2) is 35.4 Å². The molecule has 1 heterocycles. The molecule has 0 saturated heterocycles. The summed E-state index contributed by atoms with van der Waals surface area (Å²) in [4.78, 5) is 23.4. The molecule has 1 aromatic carbocycles. The molecule has 0 aliphatic carbocycles. The Hall–Kier alpha value is -2.55. The Morgan fingerprint density at radius 3 is 2.75 bits per heavy atom.